The van der Waals surface area contributed by atoms with Crippen molar-refractivity contribution >= 4 is 44.7 Å². The number of aromatic nitrogens is 1. The molecule has 14 heteroatoms. The van der Waals surface area contributed by atoms with Gasteiger partial charge in [0.15, 0.2) is 0 Å². The largest absolute Gasteiger partial charge is 0.483 e. The van der Waals surface area contributed by atoms with E-state index >= 15 is 0 Å². The Morgan fingerprint density at radius 1 is 1.04 bits per heavy atom. The maximum absolute atomic E-state index is 14.9. The van der Waals surface area contributed by atoms with Gasteiger partial charge in [-0.1, -0.05) is 43.2 Å². The van der Waals surface area contributed by atoms with E-state index in [9.17, 15) is 27.6 Å². The van der Waals surface area contributed by atoms with E-state index < -0.39 is 67.7 Å². The van der Waals surface area contributed by atoms with Gasteiger partial charge in [-0.2, -0.15) is 0 Å². The molecule has 5 fully saturated rings. The van der Waals surface area contributed by atoms with Crippen molar-refractivity contribution in [1.82, 2.24) is 25.2 Å². The van der Waals surface area contributed by atoms with Crippen molar-refractivity contribution in [3.05, 3.63) is 47.7 Å². The number of nitrogens with zero attached hydrogens (tertiary/aromatic N) is 2. The molecule has 1 unspecified atom stereocenters. The van der Waals surface area contributed by atoms with Crippen molar-refractivity contribution in [1.29, 1.82) is 0 Å². The van der Waals surface area contributed by atoms with Gasteiger partial charge in [-0.3, -0.25) is 19.1 Å². The van der Waals surface area contributed by atoms with E-state index in [1.807, 2.05) is 43.3 Å². The highest BCUT2D eigenvalue weighted by molar-refractivity contribution is 7.91. The van der Waals surface area contributed by atoms with Crippen LogP contribution in [0.2, 0.25) is 0 Å². The summed E-state index contributed by atoms with van der Waals surface area (Å²) in [6.07, 6.45) is 13.1. The van der Waals surface area contributed by atoms with Gasteiger partial charge < -0.3 is 25.0 Å². The zero-order chi connectivity index (χ0) is 39.0. The second-order valence-corrected chi connectivity index (χ2v) is 20.2. The topological polar surface area (TPSA) is 173 Å². The number of rotatable bonds is 5. The molecule has 4 saturated carbocycles. The van der Waals surface area contributed by atoms with Gasteiger partial charge in [0.2, 0.25) is 21.8 Å². The summed E-state index contributed by atoms with van der Waals surface area (Å²) in [5.74, 6) is -0.548. The molecule has 13 nitrogen and oxygen atoms in total. The molecule has 1 aromatic carbocycles. The molecule has 300 valence electrons. The first-order valence-corrected chi connectivity index (χ1v) is 22.2. The van der Waals surface area contributed by atoms with Crippen LogP contribution < -0.4 is 20.1 Å². The maximum Gasteiger partial charge on any atom is 0.408 e. The maximum atomic E-state index is 14.9. The first-order chi connectivity index (χ1) is 26.8. The predicted molar refractivity (Wildman–Crippen MR) is 207 cm³/mol. The Kier molecular flexibility index (Phi) is 9.16. The molecule has 4 aliphatic carbocycles. The Labute approximate surface area is 328 Å². The van der Waals surface area contributed by atoms with E-state index in [0.29, 0.717) is 56.1 Å². The number of alkyl carbamates (subject to hydrolysis) is 1. The molecule has 3 aliphatic heterocycles. The Bertz CT molecular complexity index is 2120. The smallest absolute Gasteiger partial charge is 0.408 e. The molecule has 0 radical (unpaired) electrons. The highest BCUT2D eigenvalue weighted by atomic mass is 32.2. The third-order valence-corrected chi connectivity index (χ3v) is 16.3. The fourth-order valence-electron chi connectivity index (χ4n) is 10.3. The highest BCUT2D eigenvalue weighted by Gasteiger charge is 2.64. The third kappa shape index (κ3) is 6.62. The van der Waals surface area contributed by atoms with Crippen molar-refractivity contribution in [3.8, 4) is 5.75 Å². The molecule has 3 N–H and O–H groups in total. The van der Waals surface area contributed by atoms with Crippen LogP contribution in [0.15, 0.2) is 36.4 Å². The summed E-state index contributed by atoms with van der Waals surface area (Å²) in [5, 5.41) is 6.90. The van der Waals surface area contributed by atoms with Gasteiger partial charge in [0.25, 0.3) is 5.91 Å². The van der Waals surface area contributed by atoms with E-state index in [2.05, 4.69) is 15.4 Å². The van der Waals surface area contributed by atoms with Crippen molar-refractivity contribution < 1.29 is 37.1 Å². The highest BCUT2D eigenvalue weighted by Crippen LogP contribution is 2.49. The second kappa shape index (κ2) is 13.7. The lowest BCUT2D eigenvalue weighted by Gasteiger charge is -2.36. The van der Waals surface area contributed by atoms with Gasteiger partial charge in [0, 0.05) is 23.3 Å². The molecule has 4 amide bonds. The standard InChI is InChI=1S/C42H53N5O8S/c1-25-35-30(29-11-8-9-12-31(29)43-25)16-17-41(55-35)23-33-36(48)45-42(38(50)46-56(52,53)40(2)18-19-40)22-28(42)10-6-4-3-5-7-13-32(37(49)47(33)24-41)44-39(51)54-34-21-26-14-15-27(34)20-26/h6,8-12,26-28,32-34H,3-5,7,13-24H2,1-2H3,(H,44,51)(H,45,48)(H,46,50)/b10-6-/t26-,27+,28?,32-,33-,34-,41+,42+/m0/s1. The van der Waals surface area contributed by atoms with E-state index in [1.54, 1.807) is 6.92 Å². The van der Waals surface area contributed by atoms with Gasteiger partial charge >= 0.3 is 6.09 Å². The molecule has 1 spiro atoms. The van der Waals surface area contributed by atoms with Gasteiger partial charge in [0.1, 0.15) is 35.1 Å². The molecule has 8 atom stereocenters. The van der Waals surface area contributed by atoms with E-state index in [-0.39, 0.29) is 25.5 Å². The number of hydrogen-bond donors (Lipinski definition) is 3. The zero-order valence-corrected chi connectivity index (χ0v) is 33.1. The van der Waals surface area contributed by atoms with E-state index in [4.69, 9.17) is 14.5 Å². The molecule has 1 saturated heterocycles. The number of carbonyl (C=O) groups is 4. The number of pyridine rings is 1. The average Bonchev–Trinajstić information content (AvgIpc) is 3.89. The predicted octanol–water partition coefficient (Wildman–Crippen LogP) is 4.89. The van der Waals surface area contributed by atoms with Crippen molar-refractivity contribution in [2.75, 3.05) is 6.54 Å². The van der Waals surface area contributed by atoms with Crippen LogP contribution in [0.5, 0.6) is 5.75 Å². The van der Waals surface area contributed by atoms with Crippen LogP contribution in [-0.4, -0.2) is 82.7 Å². The molecular weight excluding hydrogens is 735 g/mol. The normalized spacial score (nSPS) is 35.2. The molecule has 2 bridgehead atoms. The molecule has 9 rings (SSSR count). The van der Waals surface area contributed by atoms with E-state index in [0.717, 1.165) is 60.7 Å². The molecule has 7 aliphatic rings. The van der Waals surface area contributed by atoms with Gasteiger partial charge in [-0.25, -0.2) is 18.2 Å². The number of carbonyl (C=O) groups excluding carboxylic acids is 4. The minimum atomic E-state index is -3.97. The Balaban J connectivity index is 1.03. The monoisotopic (exact) mass is 787 g/mol. The van der Waals surface area contributed by atoms with Crippen LogP contribution in [0, 0.1) is 24.7 Å². The lowest BCUT2D eigenvalue weighted by molar-refractivity contribution is -0.141. The molecule has 56 heavy (non-hydrogen) atoms. The Hall–Kier alpha value is -4.20. The molecule has 1 aromatic heterocycles. The SMILES string of the molecule is Cc1nc2ccccc2c2c1O[C@]1(CC2)C[C@H]2C(=O)N[C@]3(C(=O)NS(=O)(=O)C4(C)CC4)CC3/C=C\CCCCC[C@H](NC(=O)O[C@H]3C[C@H]4CC[C@@H]3C4)C(=O)N2C1. The zero-order valence-electron chi connectivity index (χ0n) is 32.3. The van der Waals surface area contributed by atoms with Crippen LogP contribution in [0.4, 0.5) is 4.79 Å². The number of nitrogens with one attached hydrogen (secondary N) is 3. The number of fused-ring (bicyclic) bond motifs is 7. The number of ether oxygens (including phenoxy) is 2. The minimum Gasteiger partial charge on any atom is -0.483 e. The fourth-order valence-corrected chi connectivity index (χ4v) is 11.6. The Morgan fingerprint density at radius 2 is 1.86 bits per heavy atom. The van der Waals surface area contributed by atoms with E-state index in [1.165, 1.54) is 11.3 Å². The first kappa shape index (κ1) is 37.4. The van der Waals surface area contributed by atoms with Crippen LogP contribution >= 0.6 is 0 Å². The summed E-state index contributed by atoms with van der Waals surface area (Å²) >= 11 is 0. The summed E-state index contributed by atoms with van der Waals surface area (Å²) in [5.41, 5.74) is 0.197. The lowest BCUT2D eigenvalue weighted by atomic mass is 9.87. The minimum absolute atomic E-state index is 0.0878. The summed E-state index contributed by atoms with van der Waals surface area (Å²) in [6.45, 7) is 3.60. The van der Waals surface area contributed by atoms with Crippen molar-refractivity contribution in [3.63, 3.8) is 0 Å². The number of para-hydroxylation sites is 1. The van der Waals surface area contributed by atoms with Crippen molar-refractivity contribution in [2.45, 2.75) is 144 Å². The number of benzene rings is 1. The van der Waals surface area contributed by atoms with Crippen LogP contribution in [0.3, 0.4) is 0 Å². The number of sulfonamides is 1. The lowest BCUT2D eigenvalue weighted by Crippen LogP contribution is -2.58. The van der Waals surface area contributed by atoms with Crippen LogP contribution in [-0.2, 0) is 35.6 Å². The molecule has 4 heterocycles. The second-order valence-electron chi connectivity index (χ2n) is 18.0. The van der Waals surface area contributed by atoms with Crippen molar-refractivity contribution in [2.24, 2.45) is 17.8 Å². The number of amides is 4. The first-order valence-electron chi connectivity index (χ1n) is 20.7. The number of hydrogen-bond acceptors (Lipinski definition) is 9. The summed E-state index contributed by atoms with van der Waals surface area (Å²) < 4.78 is 40.6. The number of allylic oxidation sites excluding steroid dienone is 1. The molecular formula is C42H53N5O8S. The van der Waals surface area contributed by atoms with Gasteiger partial charge in [-0.15, -0.1) is 0 Å². The van der Waals surface area contributed by atoms with Gasteiger partial charge in [0.05, 0.1) is 22.5 Å². The van der Waals surface area contributed by atoms with Crippen LogP contribution in [0.25, 0.3) is 10.9 Å². The summed E-state index contributed by atoms with van der Waals surface area (Å²) in [7, 11) is -3.97. The molecule has 2 aromatic rings. The average molecular weight is 788 g/mol. The Morgan fingerprint density at radius 3 is 2.62 bits per heavy atom. The van der Waals surface area contributed by atoms with Gasteiger partial charge in [-0.05, 0) is 109 Å². The summed E-state index contributed by atoms with van der Waals surface area (Å²) in [6, 6.07) is 5.92. The quantitative estimate of drug-likeness (QED) is 0.357. The number of aryl methyl sites for hydroxylation is 2. The van der Waals surface area contributed by atoms with Crippen LogP contribution in [0.1, 0.15) is 108 Å². The third-order valence-electron chi connectivity index (χ3n) is 14.1. The fraction of sp³-hybridized carbons (Fsp3) is 0.643. The summed E-state index contributed by atoms with van der Waals surface area (Å²) in [4.78, 5) is 63.4.